The molecule has 0 aromatic heterocycles. The fourth-order valence-electron chi connectivity index (χ4n) is 5.50. The van der Waals surface area contributed by atoms with Crippen LogP contribution in [-0.4, -0.2) is 33.9 Å². The first kappa shape index (κ1) is 21.9. The number of nitro benzene ring substituents is 1. The van der Waals surface area contributed by atoms with Crippen LogP contribution in [0.15, 0.2) is 72.8 Å². The molecule has 1 aliphatic carbocycles. The summed E-state index contributed by atoms with van der Waals surface area (Å²) in [6.07, 6.45) is -1.12. The molecule has 0 saturated carbocycles. The minimum Gasteiger partial charge on any atom is -0.349 e. The molecule has 1 spiro atoms. The number of ether oxygens (including phenoxy) is 1. The van der Waals surface area contributed by atoms with Crippen molar-refractivity contribution in [1.29, 1.82) is 0 Å². The maximum absolute atomic E-state index is 14.0. The lowest BCUT2D eigenvalue weighted by Crippen LogP contribution is -2.51. The Balaban J connectivity index is 1.54. The zero-order valence-corrected chi connectivity index (χ0v) is 18.3. The minimum absolute atomic E-state index is 0.0890. The molecule has 0 N–H and O–H groups in total. The Bertz CT molecular complexity index is 1480. The third-order valence-electron chi connectivity index (χ3n) is 7.03. The highest BCUT2D eigenvalue weighted by Crippen LogP contribution is 2.57. The number of carbonyl (C=O) groups is 4. The SMILES string of the molecule is O=C1[C@H]2[C@@H](c3ccccc3)OC3(C(=O)c4ccccc4C3=O)[C@@H]2C(=O)N1c1ccc(F)c([N+](=O)[O-])c1. The van der Waals surface area contributed by atoms with E-state index < -0.39 is 63.3 Å². The van der Waals surface area contributed by atoms with Crippen molar-refractivity contribution in [2.45, 2.75) is 11.7 Å². The van der Waals surface area contributed by atoms with Gasteiger partial charge in [0.1, 0.15) is 0 Å². The Hall–Kier alpha value is -4.57. The van der Waals surface area contributed by atoms with Crippen molar-refractivity contribution in [3.8, 4) is 0 Å². The molecule has 9 nitrogen and oxygen atoms in total. The van der Waals surface area contributed by atoms with E-state index in [1.54, 1.807) is 42.5 Å². The second-order valence-corrected chi connectivity index (χ2v) is 8.80. The summed E-state index contributed by atoms with van der Waals surface area (Å²) in [5.74, 6) is -7.05. The van der Waals surface area contributed by atoms with Gasteiger partial charge in [-0.1, -0.05) is 54.6 Å². The molecule has 0 radical (unpaired) electrons. The quantitative estimate of drug-likeness (QED) is 0.240. The maximum Gasteiger partial charge on any atom is 0.306 e. The van der Waals surface area contributed by atoms with E-state index in [0.717, 1.165) is 18.2 Å². The number of amides is 2. The van der Waals surface area contributed by atoms with Crippen LogP contribution < -0.4 is 4.90 Å². The first-order valence-electron chi connectivity index (χ1n) is 11.0. The summed E-state index contributed by atoms with van der Waals surface area (Å²) in [5, 5.41) is 11.3. The average molecular weight is 486 g/mol. The van der Waals surface area contributed by atoms with Crippen LogP contribution in [0, 0.1) is 27.8 Å². The van der Waals surface area contributed by atoms with Gasteiger partial charge in [-0.15, -0.1) is 0 Å². The fourth-order valence-corrected chi connectivity index (χ4v) is 5.50. The number of rotatable bonds is 3. The van der Waals surface area contributed by atoms with Crippen LogP contribution in [0.1, 0.15) is 32.4 Å². The van der Waals surface area contributed by atoms with Gasteiger partial charge in [-0.25, -0.2) is 4.90 Å². The topological polar surface area (TPSA) is 124 Å². The molecule has 2 heterocycles. The van der Waals surface area contributed by atoms with Crippen LogP contribution >= 0.6 is 0 Å². The summed E-state index contributed by atoms with van der Waals surface area (Å²) >= 11 is 0. The molecular weight excluding hydrogens is 471 g/mol. The molecule has 178 valence electrons. The van der Waals surface area contributed by atoms with Gasteiger partial charge in [0.2, 0.25) is 34.8 Å². The summed E-state index contributed by atoms with van der Waals surface area (Å²) in [7, 11) is 0. The van der Waals surface area contributed by atoms with Crippen LogP contribution in [0.3, 0.4) is 0 Å². The number of hydrogen-bond donors (Lipinski definition) is 0. The lowest BCUT2D eigenvalue weighted by atomic mass is 9.77. The first-order valence-corrected chi connectivity index (χ1v) is 11.0. The van der Waals surface area contributed by atoms with Crippen molar-refractivity contribution >= 4 is 34.8 Å². The fraction of sp³-hybridized carbons (Fsp3) is 0.154. The van der Waals surface area contributed by atoms with Gasteiger partial charge in [-0.05, 0) is 17.7 Å². The number of nitrogens with zero attached hydrogens (tertiary/aromatic N) is 2. The van der Waals surface area contributed by atoms with Crippen molar-refractivity contribution in [1.82, 2.24) is 0 Å². The summed E-state index contributed by atoms with van der Waals surface area (Å²) in [4.78, 5) is 65.8. The molecule has 0 bridgehead atoms. The number of anilines is 1. The zero-order chi connectivity index (χ0) is 25.4. The third kappa shape index (κ3) is 2.67. The van der Waals surface area contributed by atoms with Gasteiger partial charge in [0.05, 0.1) is 28.6 Å². The third-order valence-corrected chi connectivity index (χ3v) is 7.03. The number of nitro groups is 1. The van der Waals surface area contributed by atoms with Crippen molar-refractivity contribution in [2.75, 3.05) is 4.90 Å². The van der Waals surface area contributed by atoms with Crippen LogP contribution in [0.4, 0.5) is 15.8 Å². The first-order chi connectivity index (χ1) is 17.3. The molecule has 0 unspecified atom stereocenters. The molecule has 3 aromatic rings. The molecule has 2 aliphatic heterocycles. The van der Waals surface area contributed by atoms with E-state index in [1.165, 1.54) is 12.1 Å². The van der Waals surface area contributed by atoms with E-state index in [0.29, 0.717) is 10.5 Å². The largest absolute Gasteiger partial charge is 0.349 e. The van der Waals surface area contributed by atoms with Crippen molar-refractivity contribution < 1.29 is 33.2 Å². The Kier molecular flexibility index (Phi) is 4.55. The van der Waals surface area contributed by atoms with Gasteiger partial charge in [-0.3, -0.25) is 29.3 Å². The highest BCUT2D eigenvalue weighted by molar-refractivity contribution is 6.37. The monoisotopic (exact) mass is 486 g/mol. The standard InChI is InChI=1S/C26H15FN2O7/c27-17-11-10-14(12-18(17)29(34)35)28-24(32)19-20(25(28)33)26(36-21(19)13-6-2-1-3-7-13)22(30)15-8-4-5-9-16(15)23(26)31/h1-12,19-21H/t19-,20+,21-/m1/s1. The molecular formula is C26H15FN2O7. The smallest absolute Gasteiger partial charge is 0.306 e. The zero-order valence-electron chi connectivity index (χ0n) is 18.3. The van der Waals surface area contributed by atoms with Gasteiger partial charge in [-0.2, -0.15) is 4.39 Å². The normalized spacial score (nSPS) is 23.9. The predicted octanol–water partition coefficient (Wildman–Crippen LogP) is 3.43. The number of Topliss-reactive ketones (excluding diaryl/α,β-unsaturated/α-hetero) is 2. The predicted molar refractivity (Wildman–Crippen MR) is 121 cm³/mol. The van der Waals surface area contributed by atoms with Gasteiger partial charge in [0.25, 0.3) is 0 Å². The summed E-state index contributed by atoms with van der Waals surface area (Å²) in [6.45, 7) is 0. The number of hydrogen-bond acceptors (Lipinski definition) is 7. The molecule has 2 saturated heterocycles. The summed E-state index contributed by atoms with van der Waals surface area (Å²) in [5.41, 5.74) is -2.75. The van der Waals surface area contributed by atoms with Crippen LogP contribution in [-0.2, 0) is 14.3 Å². The second-order valence-electron chi connectivity index (χ2n) is 8.80. The Morgan fingerprint density at radius 1 is 0.861 bits per heavy atom. The van der Waals surface area contributed by atoms with Gasteiger partial charge < -0.3 is 4.74 Å². The lowest BCUT2D eigenvalue weighted by Gasteiger charge is -2.27. The van der Waals surface area contributed by atoms with E-state index in [-0.39, 0.29) is 16.8 Å². The number of carbonyl (C=O) groups excluding carboxylic acids is 4. The van der Waals surface area contributed by atoms with Crippen LogP contribution in [0.5, 0.6) is 0 Å². The van der Waals surface area contributed by atoms with E-state index in [9.17, 15) is 33.7 Å². The highest BCUT2D eigenvalue weighted by Gasteiger charge is 2.74. The Labute approximate surface area is 202 Å². The van der Waals surface area contributed by atoms with Crippen molar-refractivity contribution in [3.05, 3.63) is 105 Å². The minimum atomic E-state index is -2.26. The van der Waals surface area contributed by atoms with Gasteiger partial charge in [0.15, 0.2) is 0 Å². The Morgan fingerprint density at radius 2 is 1.47 bits per heavy atom. The second kappa shape index (κ2) is 7.46. The molecule has 2 fully saturated rings. The molecule has 36 heavy (non-hydrogen) atoms. The van der Waals surface area contributed by atoms with Crippen molar-refractivity contribution in [2.24, 2.45) is 11.8 Å². The van der Waals surface area contributed by atoms with Crippen molar-refractivity contribution in [3.63, 3.8) is 0 Å². The Morgan fingerprint density at radius 3 is 2.08 bits per heavy atom. The molecule has 3 atom stereocenters. The maximum atomic E-state index is 14.0. The molecule has 3 aliphatic rings. The number of imide groups is 1. The summed E-state index contributed by atoms with van der Waals surface area (Å²) < 4.78 is 20.1. The number of benzene rings is 3. The van der Waals surface area contributed by atoms with Gasteiger partial charge in [0, 0.05) is 17.2 Å². The van der Waals surface area contributed by atoms with Crippen LogP contribution in [0.2, 0.25) is 0 Å². The molecule has 3 aromatic carbocycles. The molecule has 2 amide bonds. The van der Waals surface area contributed by atoms with E-state index in [4.69, 9.17) is 4.74 Å². The van der Waals surface area contributed by atoms with E-state index in [1.807, 2.05) is 0 Å². The highest BCUT2D eigenvalue weighted by atomic mass is 19.1. The van der Waals surface area contributed by atoms with Crippen LogP contribution in [0.25, 0.3) is 0 Å². The number of halogens is 1. The molecule has 6 rings (SSSR count). The number of fused-ring (bicyclic) bond motifs is 3. The van der Waals surface area contributed by atoms with Gasteiger partial charge >= 0.3 is 5.69 Å². The van der Waals surface area contributed by atoms with E-state index >= 15 is 0 Å². The van der Waals surface area contributed by atoms with E-state index in [2.05, 4.69) is 0 Å². The number of ketones is 2. The molecule has 10 heteroatoms. The average Bonchev–Trinajstić information content (AvgIpc) is 3.45. The summed E-state index contributed by atoms with van der Waals surface area (Å²) in [6, 6.07) is 17.1. The lowest BCUT2D eigenvalue weighted by molar-refractivity contribution is -0.387.